The van der Waals surface area contributed by atoms with Gasteiger partial charge in [0.25, 0.3) is 0 Å². The van der Waals surface area contributed by atoms with Crippen molar-refractivity contribution in [1.29, 1.82) is 0 Å². The van der Waals surface area contributed by atoms with Crippen molar-refractivity contribution in [2.75, 3.05) is 19.0 Å². The van der Waals surface area contributed by atoms with E-state index in [-0.39, 0.29) is 22.8 Å². The normalized spacial score (nSPS) is 10.3. The summed E-state index contributed by atoms with van der Waals surface area (Å²) in [4.78, 5) is 12.1. The van der Waals surface area contributed by atoms with E-state index in [0.717, 1.165) is 12.5 Å². The summed E-state index contributed by atoms with van der Waals surface area (Å²) in [5.74, 6) is 0.0861. The Labute approximate surface area is 126 Å². The van der Waals surface area contributed by atoms with Gasteiger partial charge in [0, 0.05) is 7.05 Å². The maximum absolute atomic E-state index is 13.0. The minimum Gasteiger partial charge on any atom is -0.463 e. The summed E-state index contributed by atoms with van der Waals surface area (Å²) in [6, 6.07) is 3.92. The molecule has 8 heteroatoms. The largest absolute Gasteiger partial charge is 0.463 e. The molecule has 0 amide bonds. The van der Waals surface area contributed by atoms with E-state index in [1.807, 2.05) is 6.92 Å². The second-order valence-corrected chi connectivity index (χ2v) is 4.41. The molecule has 0 saturated heterocycles. The highest BCUT2D eigenvalue weighted by atomic mass is 35.5. The summed E-state index contributed by atoms with van der Waals surface area (Å²) in [6.07, 6.45) is 0.820. The molecule has 112 valence electrons. The van der Waals surface area contributed by atoms with Crippen molar-refractivity contribution >= 4 is 17.5 Å². The molecule has 1 N–H and O–H groups in total. The van der Waals surface area contributed by atoms with Gasteiger partial charge in [-0.05, 0) is 24.6 Å². The minimum absolute atomic E-state index is 0.00830. The van der Waals surface area contributed by atoms with Crippen molar-refractivity contribution in [3.8, 4) is 17.8 Å². The molecule has 0 aliphatic heterocycles. The zero-order chi connectivity index (χ0) is 15.2. The Morgan fingerprint density at radius 2 is 2.00 bits per heavy atom. The third-order valence-corrected chi connectivity index (χ3v) is 2.64. The maximum Gasteiger partial charge on any atom is 0.330 e. The molecular weight excluding hydrogens is 299 g/mol. The van der Waals surface area contributed by atoms with Crippen LogP contribution in [0.5, 0.6) is 17.8 Å². The number of nitrogens with one attached hydrogen (secondary N) is 1. The number of ether oxygens (including phenoxy) is 2. The van der Waals surface area contributed by atoms with E-state index in [0.29, 0.717) is 12.6 Å². The van der Waals surface area contributed by atoms with Gasteiger partial charge >= 0.3 is 12.0 Å². The fourth-order valence-corrected chi connectivity index (χ4v) is 1.62. The molecule has 21 heavy (non-hydrogen) atoms. The summed E-state index contributed by atoms with van der Waals surface area (Å²) in [7, 11) is 1.66. The lowest BCUT2D eigenvalue weighted by atomic mass is 10.3. The average molecular weight is 313 g/mol. The van der Waals surface area contributed by atoms with Gasteiger partial charge in [-0.3, -0.25) is 0 Å². The van der Waals surface area contributed by atoms with Gasteiger partial charge in [-0.2, -0.15) is 9.97 Å². The Bertz CT molecular complexity index is 627. The Morgan fingerprint density at radius 3 is 2.67 bits per heavy atom. The van der Waals surface area contributed by atoms with Crippen LogP contribution in [0.4, 0.5) is 10.3 Å². The molecule has 0 aliphatic rings. The number of hydrogen-bond donors (Lipinski definition) is 1. The maximum atomic E-state index is 13.0. The highest BCUT2D eigenvalue weighted by molar-refractivity contribution is 6.32. The topological polar surface area (TPSA) is 69.2 Å². The van der Waals surface area contributed by atoms with Crippen LogP contribution in [0.15, 0.2) is 18.2 Å². The van der Waals surface area contributed by atoms with Gasteiger partial charge in [0.05, 0.1) is 11.6 Å². The van der Waals surface area contributed by atoms with Crippen LogP contribution < -0.4 is 14.8 Å². The molecule has 0 bridgehead atoms. The number of nitrogens with zero attached hydrogens (tertiary/aromatic N) is 3. The standard InChI is InChI=1S/C13H14ClFN4O2/c1-3-6-20-12-17-11(16-2)18-13(19-12)21-10-5-4-8(15)7-9(10)14/h4-5,7H,3,6H2,1-2H3,(H,16,17,18,19). The molecule has 0 saturated carbocycles. The number of benzene rings is 1. The van der Waals surface area contributed by atoms with E-state index in [4.69, 9.17) is 21.1 Å². The number of anilines is 1. The molecule has 0 spiro atoms. The second-order valence-electron chi connectivity index (χ2n) is 4.00. The summed E-state index contributed by atoms with van der Waals surface area (Å²) in [5.41, 5.74) is 0. The lowest BCUT2D eigenvalue weighted by molar-refractivity contribution is 0.285. The molecule has 0 fully saturated rings. The first-order valence-electron chi connectivity index (χ1n) is 6.32. The molecule has 0 atom stereocenters. The lowest BCUT2D eigenvalue weighted by Gasteiger charge is -2.09. The Kier molecular flexibility index (Phi) is 5.10. The van der Waals surface area contributed by atoms with Crippen molar-refractivity contribution in [3.63, 3.8) is 0 Å². The van der Waals surface area contributed by atoms with Crippen molar-refractivity contribution < 1.29 is 13.9 Å². The van der Waals surface area contributed by atoms with Crippen LogP contribution in [0.2, 0.25) is 5.02 Å². The minimum atomic E-state index is -0.453. The summed E-state index contributed by atoms with van der Waals surface area (Å²) >= 11 is 5.89. The number of halogens is 2. The molecule has 1 aromatic heterocycles. The van der Waals surface area contributed by atoms with Crippen LogP contribution in [-0.4, -0.2) is 28.6 Å². The Morgan fingerprint density at radius 1 is 1.24 bits per heavy atom. The van der Waals surface area contributed by atoms with Crippen LogP contribution >= 0.6 is 11.6 Å². The van der Waals surface area contributed by atoms with Crippen LogP contribution in [0.1, 0.15) is 13.3 Å². The summed E-state index contributed by atoms with van der Waals surface area (Å²) in [5, 5.41) is 2.90. The van der Waals surface area contributed by atoms with E-state index in [9.17, 15) is 4.39 Å². The zero-order valence-electron chi connectivity index (χ0n) is 11.6. The van der Waals surface area contributed by atoms with Gasteiger partial charge < -0.3 is 14.8 Å². The smallest absolute Gasteiger partial charge is 0.330 e. The Hall–Kier alpha value is -2.15. The van der Waals surface area contributed by atoms with Crippen LogP contribution in [0, 0.1) is 5.82 Å². The first kappa shape index (κ1) is 15.2. The number of aromatic nitrogens is 3. The van der Waals surface area contributed by atoms with Crippen molar-refractivity contribution in [2.24, 2.45) is 0 Å². The third-order valence-electron chi connectivity index (χ3n) is 2.35. The first-order valence-corrected chi connectivity index (χ1v) is 6.69. The van der Waals surface area contributed by atoms with Gasteiger partial charge in [0.1, 0.15) is 11.6 Å². The number of hydrogen-bond acceptors (Lipinski definition) is 6. The van der Waals surface area contributed by atoms with E-state index in [1.165, 1.54) is 12.1 Å². The second kappa shape index (κ2) is 7.03. The highest BCUT2D eigenvalue weighted by Crippen LogP contribution is 2.29. The van der Waals surface area contributed by atoms with E-state index in [1.54, 1.807) is 7.05 Å². The molecule has 1 aromatic carbocycles. The van der Waals surface area contributed by atoms with Gasteiger partial charge in [0.15, 0.2) is 0 Å². The van der Waals surface area contributed by atoms with Gasteiger partial charge in [0.2, 0.25) is 5.95 Å². The molecule has 0 unspecified atom stereocenters. The zero-order valence-corrected chi connectivity index (χ0v) is 12.3. The molecule has 0 radical (unpaired) electrons. The molecule has 2 rings (SSSR count). The van der Waals surface area contributed by atoms with E-state index >= 15 is 0 Å². The fraction of sp³-hybridized carbons (Fsp3) is 0.308. The van der Waals surface area contributed by atoms with E-state index in [2.05, 4.69) is 20.3 Å². The summed E-state index contributed by atoms with van der Waals surface area (Å²) < 4.78 is 23.8. The predicted molar refractivity (Wildman–Crippen MR) is 76.6 cm³/mol. The van der Waals surface area contributed by atoms with Crippen LogP contribution in [0.3, 0.4) is 0 Å². The molecule has 1 heterocycles. The molecule has 6 nitrogen and oxygen atoms in total. The molecule has 0 aliphatic carbocycles. The van der Waals surface area contributed by atoms with Crippen LogP contribution in [-0.2, 0) is 0 Å². The highest BCUT2D eigenvalue weighted by Gasteiger charge is 2.11. The van der Waals surface area contributed by atoms with Gasteiger partial charge in [-0.15, -0.1) is 4.98 Å². The van der Waals surface area contributed by atoms with Crippen molar-refractivity contribution in [1.82, 2.24) is 15.0 Å². The third kappa shape index (κ3) is 4.16. The first-order chi connectivity index (χ1) is 10.1. The average Bonchev–Trinajstić information content (AvgIpc) is 2.48. The quantitative estimate of drug-likeness (QED) is 0.882. The van der Waals surface area contributed by atoms with E-state index < -0.39 is 5.82 Å². The number of rotatable bonds is 6. The van der Waals surface area contributed by atoms with Gasteiger partial charge in [-0.25, -0.2) is 4.39 Å². The van der Waals surface area contributed by atoms with Crippen LogP contribution in [0.25, 0.3) is 0 Å². The SMILES string of the molecule is CCCOc1nc(NC)nc(Oc2ccc(F)cc2Cl)n1. The molecular formula is C13H14ClFN4O2. The predicted octanol–water partition coefficient (Wildman–Crippen LogP) is 3.29. The fourth-order valence-electron chi connectivity index (χ4n) is 1.41. The monoisotopic (exact) mass is 312 g/mol. The van der Waals surface area contributed by atoms with Gasteiger partial charge in [-0.1, -0.05) is 18.5 Å². The van der Waals surface area contributed by atoms with Crippen molar-refractivity contribution in [2.45, 2.75) is 13.3 Å². The van der Waals surface area contributed by atoms with Crippen molar-refractivity contribution in [3.05, 3.63) is 29.0 Å². The molecule has 2 aromatic rings. The lowest BCUT2D eigenvalue weighted by Crippen LogP contribution is -2.06. The Balaban J connectivity index is 2.25. The summed E-state index contributed by atoms with van der Waals surface area (Å²) in [6.45, 7) is 2.44.